The normalized spacial score (nSPS) is 9.82. The minimum Gasteiger partial charge on any atom is -0.158 e. The second-order valence-corrected chi connectivity index (χ2v) is 3.16. The van der Waals surface area contributed by atoms with E-state index in [9.17, 15) is 0 Å². The second kappa shape index (κ2) is 2.84. The minimum absolute atomic E-state index is 1.26. The molecule has 2 heterocycles. The molecular formula is C9H8NS+. The van der Waals surface area contributed by atoms with Crippen LogP contribution in [0.4, 0.5) is 0 Å². The monoisotopic (exact) mass is 162 g/mol. The van der Waals surface area contributed by atoms with Gasteiger partial charge in [0.1, 0.15) is 0 Å². The maximum absolute atomic E-state index is 2.10. The van der Waals surface area contributed by atoms with Gasteiger partial charge < -0.3 is 0 Å². The maximum Gasteiger partial charge on any atom is 0.266 e. The molecule has 0 fully saturated rings. The van der Waals surface area contributed by atoms with E-state index in [4.69, 9.17) is 0 Å². The van der Waals surface area contributed by atoms with Crippen LogP contribution in [-0.2, 0) is 0 Å². The van der Waals surface area contributed by atoms with Crippen molar-refractivity contribution in [2.24, 2.45) is 0 Å². The first-order chi connectivity index (χ1) is 5.47. The number of rotatable bonds is 1. The van der Waals surface area contributed by atoms with Crippen LogP contribution < -0.4 is 4.57 Å². The average molecular weight is 162 g/mol. The molecule has 1 nitrogen and oxygen atoms in total. The van der Waals surface area contributed by atoms with Crippen LogP contribution in [0, 0.1) is 0 Å². The molecule has 0 unspecified atom stereocenters. The molecule has 2 heteroatoms. The van der Waals surface area contributed by atoms with Crippen molar-refractivity contribution < 1.29 is 4.57 Å². The summed E-state index contributed by atoms with van der Waals surface area (Å²) in [4.78, 5) is 0. The third kappa shape index (κ3) is 1.30. The number of nitrogens with zero attached hydrogens (tertiary/aromatic N) is 1. The number of thiophene rings is 1. The highest BCUT2D eigenvalue weighted by atomic mass is 32.1. The van der Waals surface area contributed by atoms with Crippen LogP contribution in [0.5, 0.6) is 0 Å². The Kier molecular flexibility index (Phi) is 1.69. The van der Waals surface area contributed by atoms with Crippen LogP contribution in [0.3, 0.4) is 0 Å². The summed E-state index contributed by atoms with van der Waals surface area (Å²) in [5, 5.41) is 3.33. The smallest absolute Gasteiger partial charge is 0.158 e. The molecule has 11 heavy (non-hydrogen) atoms. The topological polar surface area (TPSA) is 3.88 Å². The fourth-order valence-corrected chi connectivity index (χ4v) is 1.66. The lowest BCUT2D eigenvalue weighted by atomic mass is 10.5. The summed E-state index contributed by atoms with van der Waals surface area (Å²) in [5.41, 5.74) is 0. The molecule has 0 saturated carbocycles. The molecule has 2 aromatic rings. The van der Waals surface area contributed by atoms with Gasteiger partial charge in [-0.15, -0.1) is 0 Å². The highest BCUT2D eigenvalue weighted by molar-refractivity contribution is 7.11. The lowest BCUT2D eigenvalue weighted by Gasteiger charge is -1.86. The highest BCUT2D eigenvalue weighted by Crippen LogP contribution is 2.06. The molecule has 54 valence electrons. The van der Waals surface area contributed by atoms with E-state index in [1.54, 1.807) is 11.3 Å². The van der Waals surface area contributed by atoms with Gasteiger partial charge in [0.15, 0.2) is 12.4 Å². The molecule has 0 aliphatic heterocycles. The predicted molar refractivity (Wildman–Crippen MR) is 45.9 cm³/mol. The third-order valence-corrected chi connectivity index (χ3v) is 2.36. The second-order valence-electron chi connectivity index (χ2n) is 2.23. The Labute approximate surface area is 69.6 Å². The quantitative estimate of drug-likeness (QED) is 0.565. The van der Waals surface area contributed by atoms with E-state index in [0.717, 1.165) is 0 Å². The molecule has 0 aliphatic carbocycles. The molecule has 2 rings (SSSR count). The standard InChI is InChI=1S/C9H8NS/c1-2-6-10(7-3-1)9-5-4-8-11-9/h1-8H/q+1. The molecule has 2 aromatic heterocycles. The number of hydrogen-bond donors (Lipinski definition) is 0. The molecular weight excluding hydrogens is 154 g/mol. The van der Waals surface area contributed by atoms with Gasteiger partial charge in [-0.1, -0.05) is 17.4 Å². The van der Waals surface area contributed by atoms with Crippen LogP contribution in [0.15, 0.2) is 48.1 Å². The number of aromatic nitrogens is 1. The third-order valence-electron chi connectivity index (χ3n) is 1.48. The molecule has 0 aromatic carbocycles. The Bertz CT molecular complexity index is 313. The number of hydrogen-bond acceptors (Lipinski definition) is 1. The maximum atomic E-state index is 2.10. The van der Waals surface area contributed by atoms with Crippen LogP contribution in [-0.4, -0.2) is 0 Å². The van der Waals surface area contributed by atoms with E-state index in [-0.39, 0.29) is 0 Å². The largest absolute Gasteiger partial charge is 0.266 e. The van der Waals surface area contributed by atoms with E-state index in [0.29, 0.717) is 0 Å². The molecule has 0 N–H and O–H groups in total. The van der Waals surface area contributed by atoms with Gasteiger partial charge in [-0.2, -0.15) is 4.57 Å². The van der Waals surface area contributed by atoms with Crippen molar-refractivity contribution in [1.29, 1.82) is 0 Å². The van der Waals surface area contributed by atoms with Crippen LogP contribution >= 0.6 is 11.3 Å². The van der Waals surface area contributed by atoms with Gasteiger partial charge in [-0.05, 0) is 11.4 Å². The molecule has 0 spiro atoms. The van der Waals surface area contributed by atoms with Crippen molar-refractivity contribution in [2.75, 3.05) is 0 Å². The van der Waals surface area contributed by atoms with Gasteiger partial charge >= 0.3 is 0 Å². The Morgan fingerprint density at radius 3 is 2.45 bits per heavy atom. The lowest BCUT2D eigenvalue weighted by Crippen LogP contribution is -2.27. The van der Waals surface area contributed by atoms with Gasteiger partial charge in [0.25, 0.3) is 5.00 Å². The van der Waals surface area contributed by atoms with Gasteiger partial charge in [-0.25, -0.2) is 0 Å². The summed E-state index contributed by atoms with van der Waals surface area (Å²) in [7, 11) is 0. The summed E-state index contributed by atoms with van der Waals surface area (Å²) in [6.07, 6.45) is 4.09. The van der Waals surface area contributed by atoms with Crippen molar-refractivity contribution in [1.82, 2.24) is 0 Å². The van der Waals surface area contributed by atoms with Gasteiger partial charge in [-0.3, -0.25) is 0 Å². The van der Waals surface area contributed by atoms with Crippen molar-refractivity contribution in [3.8, 4) is 5.00 Å². The van der Waals surface area contributed by atoms with E-state index in [1.807, 2.05) is 30.6 Å². The molecule has 0 aliphatic rings. The first kappa shape index (κ1) is 6.55. The number of pyridine rings is 1. The van der Waals surface area contributed by atoms with Crippen molar-refractivity contribution in [3.05, 3.63) is 48.1 Å². The Morgan fingerprint density at radius 2 is 1.82 bits per heavy atom. The summed E-state index contributed by atoms with van der Waals surface area (Å²) < 4.78 is 2.10. The van der Waals surface area contributed by atoms with Crippen molar-refractivity contribution in [3.63, 3.8) is 0 Å². The summed E-state index contributed by atoms with van der Waals surface area (Å²) >= 11 is 1.74. The summed E-state index contributed by atoms with van der Waals surface area (Å²) in [6.45, 7) is 0. The Balaban J connectivity index is 2.46. The van der Waals surface area contributed by atoms with Crippen molar-refractivity contribution >= 4 is 11.3 Å². The van der Waals surface area contributed by atoms with Gasteiger partial charge in [0, 0.05) is 18.2 Å². The average Bonchev–Trinajstić information content (AvgIpc) is 2.58. The molecule has 0 atom stereocenters. The van der Waals surface area contributed by atoms with Crippen molar-refractivity contribution in [2.45, 2.75) is 0 Å². The molecule has 0 amide bonds. The zero-order valence-corrected chi connectivity index (χ0v) is 6.79. The van der Waals surface area contributed by atoms with Gasteiger partial charge in [0.2, 0.25) is 0 Å². The van der Waals surface area contributed by atoms with Crippen LogP contribution in [0.1, 0.15) is 0 Å². The van der Waals surface area contributed by atoms with E-state index < -0.39 is 0 Å². The Morgan fingerprint density at radius 1 is 1.00 bits per heavy atom. The van der Waals surface area contributed by atoms with E-state index in [2.05, 4.69) is 22.1 Å². The van der Waals surface area contributed by atoms with Crippen LogP contribution in [0.25, 0.3) is 5.00 Å². The molecule has 0 saturated heterocycles. The zero-order valence-electron chi connectivity index (χ0n) is 5.97. The first-order valence-corrected chi connectivity index (χ1v) is 4.35. The van der Waals surface area contributed by atoms with Crippen LogP contribution in [0.2, 0.25) is 0 Å². The fourth-order valence-electron chi connectivity index (χ4n) is 0.962. The predicted octanol–water partition coefficient (Wildman–Crippen LogP) is 2.02. The summed E-state index contributed by atoms with van der Waals surface area (Å²) in [5.74, 6) is 0. The SMILES string of the molecule is c1cc[n+](-c2cccs2)cc1. The van der Waals surface area contributed by atoms with E-state index in [1.165, 1.54) is 5.00 Å². The summed E-state index contributed by atoms with van der Waals surface area (Å²) in [6, 6.07) is 10.2. The highest BCUT2D eigenvalue weighted by Gasteiger charge is 2.02. The zero-order chi connectivity index (χ0) is 7.52. The first-order valence-electron chi connectivity index (χ1n) is 3.47. The minimum atomic E-state index is 1.26. The Hall–Kier alpha value is -1.15. The lowest BCUT2D eigenvalue weighted by molar-refractivity contribution is -0.591. The van der Waals surface area contributed by atoms with Gasteiger partial charge in [0.05, 0.1) is 0 Å². The molecule has 0 radical (unpaired) electrons. The molecule has 0 bridgehead atoms. The van der Waals surface area contributed by atoms with E-state index >= 15 is 0 Å². The fraction of sp³-hybridized carbons (Fsp3) is 0.